The van der Waals surface area contributed by atoms with Crippen LogP contribution >= 0.6 is 0 Å². The van der Waals surface area contributed by atoms with Gasteiger partial charge < -0.3 is 19.7 Å². The molecule has 0 spiro atoms. The van der Waals surface area contributed by atoms with Gasteiger partial charge in [-0.25, -0.2) is 4.39 Å². The first-order chi connectivity index (χ1) is 12.4. The Hall–Kier alpha value is -3.09. The first kappa shape index (κ1) is 19.2. The van der Waals surface area contributed by atoms with Crippen molar-refractivity contribution >= 4 is 17.5 Å². The molecular weight excluding hydrogens is 339 g/mol. The van der Waals surface area contributed by atoms with Crippen molar-refractivity contribution in [2.24, 2.45) is 0 Å². The number of methoxy groups -OCH3 is 2. The number of ether oxygens (including phenoxy) is 2. The van der Waals surface area contributed by atoms with Crippen molar-refractivity contribution in [3.05, 3.63) is 53.8 Å². The third-order valence-electron chi connectivity index (χ3n) is 3.75. The summed E-state index contributed by atoms with van der Waals surface area (Å²) < 4.78 is 23.3. The van der Waals surface area contributed by atoms with Crippen LogP contribution in [-0.4, -0.2) is 37.5 Å². The lowest BCUT2D eigenvalue weighted by atomic mass is 10.2. The molecular formula is C19H21FN2O4. The molecule has 0 aromatic heterocycles. The molecule has 2 rings (SSSR count). The van der Waals surface area contributed by atoms with Gasteiger partial charge in [0.1, 0.15) is 23.9 Å². The van der Waals surface area contributed by atoms with Gasteiger partial charge in [0.15, 0.2) is 0 Å². The van der Waals surface area contributed by atoms with Crippen LogP contribution in [0.1, 0.15) is 12.5 Å². The highest BCUT2D eigenvalue weighted by molar-refractivity contribution is 5.95. The Balaban J connectivity index is 2.06. The molecule has 2 aromatic carbocycles. The summed E-state index contributed by atoms with van der Waals surface area (Å²) in [5.74, 6) is 0.0662. The number of anilines is 1. The fourth-order valence-corrected chi connectivity index (χ4v) is 2.35. The lowest BCUT2D eigenvalue weighted by Crippen LogP contribution is -2.36. The molecule has 1 N–H and O–H groups in total. The second-order valence-corrected chi connectivity index (χ2v) is 5.62. The van der Waals surface area contributed by atoms with Crippen LogP contribution in [0, 0.1) is 5.82 Å². The van der Waals surface area contributed by atoms with Crippen molar-refractivity contribution in [1.82, 2.24) is 4.90 Å². The predicted molar refractivity (Wildman–Crippen MR) is 95.7 cm³/mol. The van der Waals surface area contributed by atoms with E-state index >= 15 is 0 Å². The normalized spacial score (nSPS) is 10.2. The van der Waals surface area contributed by atoms with Gasteiger partial charge in [0.05, 0.1) is 19.9 Å². The molecule has 2 aromatic rings. The molecule has 0 aliphatic rings. The zero-order chi connectivity index (χ0) is 19.1. The van der Waals surface area contributed by atoms with Gasteiger partial charge in [0, 0.05) is 19.5 Å². The van der Waals surface area contributed by atoms with Crippen LogP contribution in [0.2, 0.25) is 0 Å². The van der Waals surface area contributed by atoms with Crippen LogP contribution in [0.15, 0.2) is 42.5 Å². The third kappa shape index (κ3) is 5.20. The van der Waals surface area contributed by atoms with E-state index in [2.05, 4.69) is 5.32 Å². The molecule has 2 amide bonds. The average Bonchev–Trinajstić information content (AvgIpc) is 2.63. The number of nitrogens with zero attached hydrogens (tertiary/aromatic N) is 1. The Morgan fingerprint density at radius 3 is 2.35 bits per heavy atom. The van der Waals surface area contributed by atoms with E-state index in [1.807, 2.05) is 0 Å². The summed E-state index contributed by atoms with van der Waals surface area (Å²) in [5.41, 5.74) is 1.21. The zero-order valence-corrected chi connectivity index (χ0v) is 14.9. The number of hydrogen-bond donors (Lipinski definition) is 1. The number of benzene rings is 2. The van der Waals surface area contributed by atoms with Crippen LogP contribution in [0.25, 0.3) is 0 Å². The number of carbonyl (C=O) groups excluding carboxylic acids is 2. The Labute approximate surface area is 151 Å². The van der Waals surface area contributed by atoms with E-state index in [1.165, 1.54) is 38.2 Å². The summed E-state index contributed by atoms with van der Waals surface area (Å²) >= 11 is 0. The summed E-state index contributed by atoms with van der Waals surface area (Å²) in [6.45, 7) is 1.45. The van der Waals surface area contributed by atoms with Gasteiger partial charge in [-0.1, -0.05) is 12.1 Å². The van der Waals surface area contributed by atoms with Gasteiger partial charge in [0.2, 0.25) is 11.8 Å². The topological polar surface area (TPSA) is 67.9 Å². The molecule has 0 aliphatic heterocycles. The van der Waals surface area contributed by atoms with Gasteiger partial charge in [0.25, 0.3) is 0 Å². The fourth-order valence-electron chi connectivity index (χ4n) is 2.35. The van der Waals surface area contributed by atoms with Gasteiger partial charge in [-0.15, -0.1) is 0 Å². The molecule has 0 heterocycles. The number of rotatable bonds is 7. The largest absolute Gasteiger partial charge is 0.497 e. The molecule has 138 valence electrons. The van der Waals surface area contributed by atoms with E-state index in [4.69, 9.17) is 9.47 Å². The highest BCUT2D eigenvalue weighted by Crippen LogP contribution is 2.28. The highest BCUT2D eigenvalue weighted by Gasteiger charge is 2.16. The van der Waals surface area contributed by atoms with Gasteiger partial charge in [-0.05, 0) is 29.8 Å². The molecule has 26 heavy (non-hydrogen) atoms. The second-order valence-electron chi connectivity index (χ2n) is 5.62. The lowest BCUT2D eigenvalue weighted by Gasteiger charge is -2.21. The molecule has 0 atom stereocenters. The lowest BCUT2D eigenvalue weighted by molar-refractivity contribution is -0.133. The van der Waals surface area contributed by atoms with Crippen molar-refractivity contribution in [3.63, 3.8) is 0 Å². The van der Waals surface area contributed by atoms with E-state index in [-0.39, 0.29) is 30.7 Å². The van der Waals surface area contributed by atoms with Crippen molar-refractivity contribution in [2.45, 2.75) is 13.5 Å². The molecule has 0 bridgehead atoms. The summed E-state index contributed by atoms with van der Waals surface area (Å²) in [4.78, 5) is 25.6. The number of carbonyl (C=O) groups is 2. The molecule has 0 unspecified atom stereocenters. The molecule has 0 radical (unpaired) electrons. The summed E-state index contributed by atoms with van der Waals surface area (Å²) in [6.07, 6.45) is 0. The molecule has 6 nitrogen and oxygen atoms in total. The van der Waals surface area contributed by atoms with Crippen molar-refractivity contribution in [2.75, 3.05) is 26.1 Å². The van der Waals surface area contributed by atoms with Crippen LogP contribution in [0.4, 0.5) is 10.1 Å². The van der Waals surface area contributed by atoms with Crippen molar-refractivity contribution < 1.29 is 23.5 Å². The first-order valence-electron chi connectivity index (χ1n) is 7.94. The second kappa shape index (κ2) is 8.84. The maximum absolute atomic E-state index is 13.0. The summed E-state index contributed by atoms with van der Waals surface area (Å²) in [6, 6.07) is 10.8. The number of amides is 2. The standard InChI is InChI=1S/C19H21FN2O4/c1-13(23)22(11-14-4-6-15(20)7-5-14)12-19(24)21-17-9-8-16(25-2)10-18(17)26-3/h4-10H,11-12H2,1-3H3,(H,21,24). The van der Waals surface area contributed by atoms with Crippen molar-refractivity contribution in [1.29, 1.82) is 0 Å². The molecule has 0 saturated heterocycles. The minimum Gasteiger partial charge on any atom is -0.497 e. The minimum absolute atomic E-state index is 0.137. The predicted octanol–water partition coefficient (Wildman–Crippen LogP) is 2.83. The van der Waals surface area contributed by atoms with Crippen molar-refractivity contribution in [3.8, 4) is 11.5 Å². The zero-order valence-electron chi connectivity index (χ0n) is 14.9. The van der Waals surface area contributed by atoms with E-state index in [9.17, 15) is 14.0 Å². The van der Waals surface area contributed by atoms with E-state index in [1.54, 1.807) is 30.3 Å². The molecule has 0 fully saturated rings. The quantitative estimate of drug-likeness (QED) is 0.824. The smallest absolute Gasteiger partial charge is 0.244 e. The average molecular weight is 360 g/mol. The maximum Gasteiger partial charge on any atom is 0.244 e. The van der Waals surface area contributed by atoms with Crippen LogP contribution < -0.4 is 14.8 Å². The number of hydrogen-bond acceptors (Lipinski definition) is 4. The fraction of sp³-hybridized carbons (Fsp3) is 0.263. The summed E-state index contributed by atoms with van der Waals surface area (Å²) in [5, 5.41) is 2.72. The molecule has 0 aliphatic carbocycles. The molecule has 7 heteroatoms. The van der Waals surface area contributed by atoms with Crippen LogP contribution in [0.3, 0.4) is 0 Å². The van der Waals surface area contributed by atoms with Gasteiger partial charge in [-0.2, -0.15) is 0 Å². The molecule has 0 saturated carbocycles. The monoisotopic (exact) mass is 360 g/mol. The van der Waals surface area contributed by atoms with Crippen LogP contribution in [0.5, 0.6) is 11.5 Å². The third-order valence-corrected chi connectivity index (χ3v) is 3.75. The number of halogens is 1. The minimum atomic E-state index is -0.370. The Morgan fingerprint density at radius 1 is 1.08 bits per heavy atom. The number of nitrogens with one attached hydrogen (secondary N) is 1. The summed E-state index contributed by atoms with van der Waals surface area (Å²) in [7, 11) is 3.02. The Morgan fingerprint density at radius 2 is 1.77 bits per heavy atom. The van der Waals surface area contributed by atoms with E-state index in [0.717, 1.165) is 5.56 Å². The van der Waals surface area contributed by atoms with Gasteiger partial charge in [-0.3, -0.25) is 9.59 Å². The van der Waals surface area contributed by atoms with E-state index in [0.29, 0.717) is 17.2 Å². The Kier molecular flexibility index (Phi) is 6.54. The van der Waals surface area contributed by atoms with E-state index < -0.39 is 0 Å². The Bertz CT molecular complexity index is 778. The highest BCUT2D eigenvalue weighted by atomic mass is 19.1. The van der Waals surface area contributed by atoms with Crippen LogP contribution in [-0.2, 0) is 16.1 Å². The first-order valence-corrected chi connectivity index (χ1v) is 7.94. The van der Waals surface area contributed by atoms with Gasteiger partial charge >= 0.3 is 0 Å². The maximum atomic E-state index is 13.0. The SMILES string of the molecule is COc1ccc(NC(=O)CN(Cc2ccc(F)cc2)C(C)=O)c(OC)c1.